The van der Waals surface area contributed by atoms with Gasteiger partial charge in [-0.25, -0.2) is 0 Å². The van der Waals surface area contributed by atoms with Crippen LogP contribution in [0.3, 0.4) is 0 Å². The van der Waals surface area contributed by atoms with Crippen LogP contribution in [0.4, 0.5) is 0 Å². The summed E-state index contributed by atoms with van der Waals surface area (Å²) in [5, 5.41) is 9.62. The van der Waals surface area contributed by atoms with Crippen LogP contribution in [0.1, 0.15) is 6.42 Å². The Bertz CT molecular complexity index is 66.5. The molecule has 0 aromatic carbocycles. The average Bonchev–Trinajstić information content (AvgIpc) is 1.27. The molecular weight excluding hydrogens is 92.1 g/mol. The Labute approximate surface area is 43.2 Å². The van der Waals surface area contributed by atoms with Gasteiger partial charge < -0.3 is 9.90 Å². The van der Waals surface area contributed by atoms with Crippen molar-refractivity contribution in [3.8, 4) is 0 Å². The summed E-state index contributed by atoms with van der Waals surface area (Å²) in [6, 6.07) is 0. The van der Waals surface area contributed by atoms with Gasteiger partial charge in [-0.3, -0.25) is 0 Å². The summed E-state index contributed by atoms with van der Waals surface area (Å²) < 4.78 is 0. The summed E-state index contributed by atoms with van der Waals surface area (Å²) in [6.07, 6.45) is -0.0556. The number of carbonyl (C=O) groups excluding carboxylic acids is 1. The first-order valence-corrected chi connectivity index (χ1v) is 1.99. The Morgan fingerprint density at radius 3 is 2.43 bits per heavy atom. The van der Waals surface area contributed by atoms with Crippen molar-refractivity contribution in [1.82, 2.24) is 0 Å². The molecule has 2 heteroatoms. The number of rotatable bonds is 2. The minimum absolute atomic E-state index is 0.0556. The molecule has 2 nitrogen and oxygen atoms in total. The predicted molar refractivity (Wildman–Crippen MR) is 23.8 cm³/mol. The molecule has 0 bridgehead atoms. The number of aliphatic carboxylic acids is 1. The van der Waals surface area contributed by atoms with Crippen LogP contribution in [0.15, 0.2) is 0 Å². The maximum Gasteiger partial charge on any atom is 0.101 e. The van der Waals surface area contributed by atoms with Crippen LogP contribution >= 0.6 is 0 Å². The van der Waals surface area contributed by atoms with Crippen molar-refractivity contribution in [3.05, 3.63) is 13.8 Å². The monoisotopic (exact) mass is 99.0 g/mol. The van der Waals surface area contributed by atoms with E-state index in [9.17, 15) is 9.90 Å². The van der Waals surface area contributed by atoms with E-state index in [1.165, 1.54) is 0 Å². The lowest BCUT2D eigenvalue weighted by Gasteiger charge is -1.96. The normalized spacial score (nSPS) is 13.3. The smallest absolute Gasteiger partial charge is 0.101 e. The third-order valence-corrected chi connectivity index (χ3v) is 0.455. The van der Waals surface area contributed by atoms with Crippen molar-refractivity contribution < 1.29 is 9.90 Å². The molecule has 7 heavy (non-hydrogen) atoms. The summed E-state index contributed by atoms with van der Waals surface area (Å²) >= 11 is 0. The third-order valence-electron chi connectivity index (χ3n) is 0.455. The maximum atomic E-state index is 9.62. The molecule has 0 rings (SSSR count). The minimum atomic E-state index is -1.09. The standard InChI is InChI=1S/C5H7O2/c1-4(2)3-5(6)7/h4H,1-3H2. The van der Waals surface area contributed by atoms with Crippen molar-refractivity contribution >= 4 is 5.97 Å². The highest BCUT2D eigenvalue weighted by molar-refractivity contribution is 5.64. The molecule has 0 atom stereocenters. The van der Waals surface area contributed by atoms with Crippen LogP contribution in [-0.4, -0.2) is 5.97 Å². The molecule has 0 saturated heterocycles. The summed E-state index contributed by atoms with van der Waals surface area (Å²) in [5.41, 5.74) is 0. The second-order valence-corrected chi connectivity index (χ2v) is 1.44. The molecule has 0 amide bonds. The largest absolute Gasteiger partial charge is 0.550 e. The molecule has 39 valence electrons. The van der Waals surface area contributed by atoms with E-state index in [0.29, 0.717) is 0 Å². The van der Waals surface area contributed by atoms with E-state index in [1.54, 1.807) is 0 Å². The lowest BCUT2D eigenvalue weighted by molar-refractivity contribution is -0.306. The molecule has 1 radical (unpaired) electrons. The topological polar surface area (TPSA) is 40.1 Å². The fourth-order valence-corrected chi connectivity index (χ4v) is 0.236. The summed E-state index contributed by atoms with van der Waals surface area (Å²) in [7, 11) is 0. The van der Waals surface area contributed by atoms with Gasteiger partial charge in [-0.1, -0.05) is 0 Å². The van der Waals surface area contributed by atoms with Gasteiger partial charge in [-0.05, 0) is 6.92 Å². The van der Waals surface area contributed by atoms with Crippen molar-refractivity contribution in [2.75, 3.05) is 0 Å². The van der Waals surface area contributed by atoms with Crippen LogP contribution in [-0.2, 0) is 4.79 Å². The van der Waals surface area contributed by atoms with Gasteiger partial charge in [0.15, 0.2) is 0 Å². The SMILES string of the molecule is [CH2]C([CH2+])CC(=O)[O-]. The highest BCUT2D eigenvalue weighted by atomic mass is 16.4. The third kappa shape index (κ3) is 5.34. The van der Waals surface area contributed by atoms with Gasteiger partial charge in [0.05, 0.1) is 6.92 Å². The summed E-state index contributed by atoms with van der Waals surface area (Å²) in [5.74, 6) is -1.38. The molecule has 0 heterocycles. The highest BCUT2D eigenvalue weighted by Gasteiger charge is 1.97. The Morgan fingerprint density at radius 2 is 2.43 bits per heavy atom. The number of carboxylic acids is 1. The zero-order valence-electron chi connectivity index (χ0n) is 4.02. The first kappa shape index (κ1) is 6.34. The maximum absolute atomic E-state index is 9.62. The van der Waals surface area contributed by atoms with Gasteiger partial charge in [0, 0.05) is 12.4 Å². The van der Waals surface area contributed by atoms with Crippen LogP contribution in [0.2, 0.25) is 0 Å². The zero-order chi connectivity index (χ0) is 5.86. The van der Waals surface area contributed by atoms with E-state index in [2.05, 4.69) is 13.8 Å². The highest BCUT2D eigenvalue weighted by Crippen LogP contribution is 1.93. The number of carboxylic acid groups (broad SMARTS) is 1. The van der Waals surface area contributed by atoms with Crippen LogP contribution in [0.25, 0.3) is 0 Å². The molecule has 0 fully saturated rings. The molecule has 0 aliphatic carbocycles. The lowest BCUT2D eigenvalue weighted by atomic mass is 10.1. The van der Waals surface area contributed by atoms with Crippen molar-refractivity contribution in [3.63, 3.8) is 0 Å². The van der Waals surface area contributed by atoms with E-state index in [-0.39, 0.29) is 12.3 Å². The fourth-order valence-electron chi connectivity index (χ4n) is 0.236. The van der Waals surface area contributed by atoms with Crippen molar-refractivity contribution in [2.45, 2.75) is 6.42 Å². The number of hydrogen-bond acceptors (Lipinski definition) is 2. The average molecular weight is 99.1 g/mol. The number of carbonyl (C=O) groups is 1. The van der Waals surface area contributed by atoms with E-state index >= 15 is 0 Å². The van der Waals surface area contributed by atoms with Gasteiger partial charge in [-0.15, -0.1) is 0 Å². The van der Waals surface area contributed by atoms with Gasteiger partial charge in [0.1, 0.15) is 5.92 Å². The van der Waals surface area contributed by atoms with Gasteiger partial charge in [0.25, 0.3) is 0 Å². The Kier molecular flexibility index (Phi) is 2.27. The van der Waals surface area contributed by atoms with Gasteiger partial charge in [-0.2, -0.15) is 0 Å². The van der Waals surface area contributed by atoms with Crippen LogP contribution < -0.4 is 5.11 Å². The molecule has 0 unspecified atom stereocenters. The molecule has 0 aromatic heterocycles. The summed E-state index contributed by atoms with van der Waals surface area (Å²) in [4.78, 5) is 9.62. The first-order chi connectivity index (χ1) is 3.13. The predicted octanol–water partition coefficient (Wildman–Crippen LogP) is -0.589. The molecule has 0 N–H and O–H groups in total. The molecule has 0 aliphatic rings. The van der Waals surface area contributed by atoms with Crippen molar-refractivity contribution in [2.24, 2.45) is 5.92 Å². The molecule has 0 aromatic rings. The molecule has 0 aliphatic heterocycles. The van der Waals surface area contributed by atoms with Crippen molar-refractivity contribution in [1.29, 1.82) is 0 Å². The van der Waals surface area contributed by atoms with E-state index in [1.807, 2.05) is 0 Å². The Morgan fingerprint density at radius 1 is 2.00 bits per heavy atom. The second kappa shape index (κ2) is 2.50. The zero-order valence-corrected chi connectivity index (χ0v) is 4.02. The van der Waals surface area contributed by atoms with E-state index in [4.69, 9.17) is 0 Å². The van der Waals surface area contributed by atoms with E-state index in [0.717, 1.165) is 0 Å². The molecule has 0 saturated carbocycles. The molecular formula is C5H7O2. The Hall–Kier alpha value is -0.660. The second-order valence-electron chi connectivity index (χ2n) is 1.44. The molecule has 0 spiro atoms. The number of hydrogen-bond donors (Lipinski definition) is 0. The quantitative estimate of drug-likeness (QED) is 0.434. The minimum Gasteiger partial charge on any atom is -0.550 e. The van der Waals surface area contributed by atoms with E-state index < -0.39 is 5.97 Å². The first-order valence-electron chi connectivity index (χ1n) is 1.99. The fraction of sp³-hybridized carbons (Fsp3) is 0.400. The van der Waals surface area contributed by atoms with Gasteiger partial charge >= 0.3 is 0 Å². The van der Waals surface area contributed by atoms with Crippen LogP contribution in [0.5, 0.6) is 0 Å². The Balaban J connectivity index is 3.13. The van der Waals surface area contributed by atoms with Crippen LogP contribution in [0, 0.1) is 19.8 Å². The summed E-state index contributed by atoms with van der Waals surface area (Å²) in [6.45, 7) is 6.69. The van der Waals surface area contributed by atoms with Gasteiger partial charge in [0.2, 0.25) is 0 Å². The lowest BCUT2D eigenvalue weighted by Crippen LogP contribution is -2.23.